The Morgan fingerprint density at radius 2 is 2.03 bits per heavy atom. The Morgan fingerprint density at radius 1 is 1.28 bits per heavy atom. The minimum atomic E-state index is -0.704. The highest BCUT2D eigenvalue weighted by molar-refractivity contribution is 5.97. The van der Waals surface area contributed by atoms with Gasteiger partial charge in [0.05, 0.1) is 0 Å². The zero-order valence-corrected chi connectivity index (χ0v) is 16.2. The lowest BCUT2D eigenvalue weighted by molar-refractivity contribution is 0.0789. The highest BCUT2D eigenvalue weighted by Crippen LogP contribution is 2.63. The molecule has 2 aliphatic carbocycles. The van der Waals surface area contributed by atoms with Crippen LogP contribution in [0.1, 0.15) is 48.2 Å². The number of carbonyl (C=O) groups excluding carboxylic acids is 1. The standard InChI is InChI=1S/C20H24N6O3/c1-11-6-13(24-15-7-14(21)22-10-23-15)18(29)26-16(11)17(28)25-20(26)4-2-19(3-5-20)8-12(19)9-27/h6-7,10,12,27H,2-5,8-9H2,1H3,(H,25,28)(H3,21,22,23,24). The number of carbonyl (C=O) groups is 1. The maximum atomic E-state index is 13.4. The number of anilines is 3. The third-order valence-electron chi connectivity index (χ3n) is 6.98. The van der Waals surface area contributed by atoms with Gasteiger partial charge in [-0.05, 0) is 62.0 Å². The number of hydrogen-bond acceptors (Lipinski definition) is 7. The first-order valence-corrected chi connectivity index (χ1v) is 9.93. The Hall–Kier alpha value is -2.94. The largest absolute Gasteiger partial charge is 0.396 e. The third kappa shape index (κ3) is 2.64. The van der Waals surface area contributed by atoms with E-state index in [1.165, 1.54) is 6.33 Å². The SMILES string of the molecule is Cc1cc(Nc2cc(N)ncn2)c(=O)n2c1C(=O)NC21CCC2(CC1)CC2CO. The van der Waals surface area contributed by atoms with Crippen molar-refractivity contribution in [1.29, 1.82) is 0 Å². The number of rotatable bonds is 3. The molecule has 1 atom stereocenters. The van der Waals surface area contributed by atoms with Crippen LogP contribution in [-0.2, 0) is 5.66 Å². The first-order valence-electron chi connectivity index (χ1n) is 9.93. The van der Waals surface area contributed by atoms with Crippen LogP contribution in [0.15, 0.2) is 23.3 Å². The fraction of sp³-hybridized carbons (Fsp3) is 0.500. The van der Waals surface area contributed by atoms with Crippen LogP contribution in [0.2, 0.25) is 0 Å². The first-order chi connectivity index (χ1) is 13.9. The Labute approximate surface area is 167 Å². The second-order valence-corrected chi connectivity index (χ2v) is 8.62. The van der Waals surface area contributed by atoms with Crippen molar-refractivity contribution in [3.8, 4) is 0 Å². The van der Waals surface area contributed by atoms with E-state index in [0.29, 0.717) is 41.8 Å². The van der Waals surface area contributed by atoms with Gasteiger partial charge in [-0.25, -0.2) is 9.97 Å². The van der Waals surface area contributed by atoms with Gasteiger partial charge >= 0.3 is 0 Å². The Bertz CT molecular complexity index is 1070. The highest BCUT2D eigenvalue weighted by atomic mass is 16.3. The summed E-state index contributed by atoms with van der Waals surface area (Å²) in [4.78, 5) is 34.1. The molecule has 0 aromatic carbocycles. The van der Waals surface area contributed by atoms with Crippen molar-refractivity contribution in [3.63, 3.8) is 0 Å². The molecule has 2 aromatic rings. The molecule has 152 valence electrons. The molecule has 5 N–H and O–H groups in total. The van der Waals surface area contributed by atoms with Crippen molar-refractivity contribution in [2.45, 2.75) is 44.7 Å². The van der Waals surface area contributed by atoms with Crippen LogP contribution in [0.3, 0.4) is 0 Å². The molecule has 2 spiro atoms. The number of nitrogens with zero attached hydrogens (tertiary/aromatic N) is 3. The quantitative estimate of drug-likeness (QED) is 0.613. The van der Waals surface area contributed by atoms with Crippen LogP contribution in [0.4, 0.5) is 17.3 Å². The summed E-state index contributed by atoms with van der Waals surface area (Å²) < 4.78 is 1.64. The summed E-state index contributed by atoms with van der Waals surface area (Å²) in [6, 6.07) is 3.23. The van der Waals surface area contributed by atoms with E-state index in [1.54, 1.807) is 16.7 Å². The summed E-state index contributed by atoms with van der Waals surface area (Å²) in [7, 11) is 0. The summed E-state index contributed by atoms with van der Waals surface area (Å²) in [5.74, 6) is 0.871. The van der Waals surface area contributed by atoms with Gasteiger partial charge in [-0.1, -0.05) is 0 Å². The second kappa shape index (κ2) is 6.03. The smallest absolute Gasteiger partial charge is 0.276 e. The monoisotopic (exact) mass is 396 g/mol. The van der Waals surface area contributed by atoms with Crippen molar-refractivity contribution < 1.29 is 9.90 Å². The average Bonchev–Trinajstić information content (AvgIpc) is 3.30. The van der Waals surface area contributed by atoms with Crippen LogP contribution in [-0.4, -0.2) is 32.2 Å². The Kier molecular flexibility index (Phi) is 3.76. The maximum Gasteiger partial charge on any atom is 0.276 e. The molecule has 1 amide bonds. The number of nitrogens with one attached hydrogen (secondary N) is 2. The molecule has 9 nitrogen and oxygen atoms in total. The minimum Gasteiger partial charge on any atom is -0.396 e. The molecule has 2 aromatic heterocycles. The fourth-order valence-corrected chi connectivity index (χ4v) is 5.24. The molecular weight excluding hydrogens is 372 g/mol. The summed E-state index contributed by atoms with van der Waals surface area (Å²) in [5, 5.41) is 15.6. The Morgan fingerprint density at radius 3 is 2.69 bits per heavy atom. The van der Waals surface area contributed by atoms with Gasteiger partial charge in [0.15, 0.2) is 0 Å². The molecule has 2 saturated carbocycles. The molecule has 9 heteroatoms. The first kappa shape index (κ1) is 18.1. The number of aliphatic hydroxyl groups excluding tert-OH is 1. The highest BCUT2D eigenvalue weighted by Gasteiger charge is 2.59. The van der Waals surface area contributed by atoms with Gasteiger partial charge in [-0.3, -0.25) is 14.2 Å². The molecular formula is C20H24N6O3. The predicted molar refractivity (Wildman–Crippen MR) is 107 cm³/mol. The molecule has 3 aliphatic rings. The molecule has 5 rings (SSSR count). The number of fused-ring (bicyclic) bond motifs is 2. The molecule has 0 bridgehead atoms. The molecule has 3 heterocycles. The lowest BCUT2D eigenvalue weighted by atomic mass is 9.78. The summed E-state index contributed by atoms with van der Waals surface area (Å²) >= 11 is 0. The number of nitrogens with two attached hydrogens (primary N) is 1. The van der Waals surface area contributed by atoms with E-state index in [4.69, 9.17) is 5.73 Å². The molecule has 1 aliphatic heterocycles. The normalized spacial score (nSPS) is 29.7. The molecule has 29 heavy (non-hydrogen) atoms. The number of hydrogen-bond donors (Lipinski definition) is 4. The van der Waals surface area contributed by atoms with Crippen LogP contribution < -0.4 is 21.9 Å². The van der Waals surface area contributed by atoms with E-state index in [1.807, 2.05) is 6.92 Å². The van der Waals surface area contributed by atoms with E-state index in [-0.39, 0.29) is 23.5 Å². The maximum absolute atomic E-state index is 13.4. The number of aryl methyl sites for hydroxylation is 1. The number of amides is 1. The lowest BCUT2D eigenvalue weighted by Crippen LogP contribution is -2.50. The van der Waals surface area contributed by atoms with Crippen LogP contribution >= 0.6 is 0 Å². The average molecular weight is 396 g/mol. The van der Waals surface area contributed by atoms with Crippen LogP contribution in [0.5, 0.6) is 0 Å². The molecule has 0 saturated heterocycles. The number of pyridine rings is 1. The van der Waals surface area contributed by atoms with Gasteiger partial charge in [0, 0.05) is 12.7 Å². The van der Waals surface area contributed by atoms with Crippen molar-refractivity contribution in [2.75, 3.05) is 17.7 Å². The Balaban J connectivity index is 1.54. The predicted octanol–water partition coefficient (Wildman–Crippen LogP) is 1.24. The van der Waals surface area contributed by atoms with Crippen LogP contribution in [0, 0.1) is 18.3 Å². The van der Waals surface area contributed by atoms with Gasteiger partial charge < -0.3 is 21.5 Å². The van der Waals surface area contributed by atoms with E-state index in [9.17, 15) is 14.7 Å². The zero-order chi connectivity index (χ0) is 20.4. The number of nitrogen functional groups attached to an aromatic ring is 1. The topological polar surface area (TPSA) is 135 Å². The fourth-order valence-electron chi connectivity index (χ4n) is 5.24. The van der Waals surface area contributed by atoms with Crippen LogP contribution in [0.25, 0.3) is 0 Å². The minimum absolute atomic E-state index is 0.181. The van der Waals surface area contributed by atoms with E-state index < -0.39 is 5.66 Å². The second-order valence-electron chi connectivity index (χ2n) is 8.62. The summed E-state index contributed by atoms with van der Waals surface area (Å²) in [6.45, 7) is 2.04. The number of aliphatic hydroxyl groups is 1. The van der Waals surface area contributed by atoms with E-state index in [2.05, 4.69) is 20.6 Å². The molecule has 1 unspecified atom stereocenters. The van der Waals surface area contributed by atoms with Gasteiger partial charge in [-0.15, -0.1) is 0 Å². The van der Waals surface area contributed by atoms with Gasteiger partial charge in [0.25, 0.3) is 11.5 Å². The van der Waals surface area contributed by atoms with E-state index in [0.717, 1.165) is 24.8 Å². The van der Waals surface area contributed by atoms with E-state index >= 15 is 0 Å². The third-order valence-corrected chi connectivity index (χ3v) is 6.98. The zero-order valence-electron chi connectivity index (χ0n) is 16.2. The molecule has 2 fully saturated rings. The molecule has 0 radical (unpaired) electrons. The lowest BCUT2D eigenvalue weighted by Gasteiger charge is -2.39. The van der Waals surface area contributed by atoms with Crippen molar-refractivity contribution in [2.24, 2.45) is 11.3 Å². The summed E-state index contributed by atoms with van der Waals surface area (Å²) in [6.07, 6.45) is 5.52. The number of aromatic nitrogens is 3. The van der Waals surface area contributed by atoms with Crippen molar-refractivity contribution >= 4 is 23.2 Å². The van der Waals surface area contributed by atoms with Gasteiger partial charge in [-0.2, -0.15) is 0 Å². The summed E-state index contributed by atoms with van der Waals surface area (Å²) in [5.41, 5.74) is 6.42. The van der Waals surface area contributed by atoms with Gasteiger partial charge in [0.2, 0.25) is 0 Å². The van der Waals surface area contributed by atoms with Gasteiger partial charge in [0.1, 0.15) is 35.0 Å². The van der Waals surface area contributed by atoms with Crippen molar-refractivity contribution in [3.05, 3.63) is 40.1 Å². The van der Waals surface area contributed by atoms with Crippen molar-refractivity contribution in [1.82, 2.24) is 19.9 Å².